The van der Waals surface area contributed by atoms with E-state index in [9.17, 15) is 9.59 Å². The molecular weight excluding hydrogens is 354 g/mol. The Hall–Kier alpha value is -3.41. The van der Waals surface area contributed by atoms with Crippen LogP contribution in [0.3, 0.4) is 0 Å². The van der Waals surface area contributed by atoms with Crippen molar-refractivity contribution in [2.24, 2.45) is 0 Å². The number of aromatic nitrogens is 2. The van der Waals surface area contributed by atoms with Gasteiger partial charge in [-0.2, -0.15) is 9.78 Å². The number of carbonyl (C=O) groups is 1. The highest BCUT2D eigenvalue weighted by Crippen LogP contribution is 2.11. The topological polar surface area (TPSA) is 73.2 Å². The van der Waals surface area contributed by atoms with E-state index in [1.54, 1.807) is 12.1 Å². The number of nitrogens with zero attached hydrogens (tertiary/aromatic N) is 2. The third-order valence-corrected chi connectivity index (χ3v) is 4.18. The number of carbonyl (C=O) groups excluding carboxylic acids is 1. The predicted molar refractivity (Wildman–Crippen MR) is 108 cm³/mol. The SMILES string of the molecule is Cc1ccc(OCCCCNC(=O)c2ccc(=O)n(-c3ccccc3)n2)cc1. The maximum Gasteiger partial charge on any atom is 0.271 e. The molecular formula is C22H23N3O3. The first kappa shape index (κ1) is 19.4. The molecule has 3 aromatic rings. The zero-order valence-corrected chi connectivity index (χ0v) is 15.8. The standard InChI is InChI=1S/C22H23N3O3/c1-17-9-11-19(12-10-17)28-16-6-5-15-23-22(27)20-13-14-21(26)25(24-20)18-7-3-2-4-8-18/h2-4,7-14H,5-6,15-16H2,1H3,(H,23,27). The van der Waals surface area contributed by atoms with Gasteiger partial charge in [0, 0.05) is 12.6 Å². The van der Waals surface area contributed by atoms with Crippen LogP contribution in [-0.2, 0) is 0 Å². The molecule has 28 heavy (non-hydrogen) atoms. The number of nitrogens with one attached hydrogen (secondary N) is 1. The molecule has 1 N–H and O–H groups in total. The van der Waals surface area contributed by atoms with Crippen molar-refractivity contribution in [1.29, 1.82) is 0 Å². The summed E-state index contributed by atoms with van der Waals surface area (Å²) >= 11 is 0. The largest absolute Gasteiger partial charge is 0.494 e. The van der Waals surface area contributed by atoms with Crippen LogP contribution >= 0.6 is 0 Å². The van der Waals surface area contributed by atoms with Gasteiger partial charge in [-0.05, 0) is 50.1 Å². The Balaban J connectivity index is 1.46. The highest BCUT2D eigenvalue weighted by atomic mass is 16.5. The zero-order valence-electron chi connectivity index (χ0n) is 15.8. The smallest absolute Gasteiger partial charge is 0.271 e. The van der Waals surface area contributed by atoms with Gasteiger partial charge in [-0.1, -0.05) is 35.9 Å². The van der Waals surface area contributed by atoms with Gasteiger partial charge in [-0.3, -0.25) is 9.59 Å². The van der Waals surface area contributed by atoms with Gasteiger partial charge in [0.2, 0.25) is 0 Å². The maximum absolute atomic E-state index is 12.3. The highest BCUT2D eigenvalue weighted by Gasteiger charge is 2.10. The second-order valence-electron chi connectivity index (χ2n) is 6.43. The minimum absolute atomic E-state index is 0.208. The lowest BCUT2D eigenvalue weighted by atomic mass is 10.2. The summed E-state index contributed by atoms with van der Waals surface area (Å²) in [6.07, 6.45) is 1.61. The van der Waals surface area contributed by atoms with E-state index in [4.69, 9.17) is 4.74 Å². The Morgan fingerprint density at radius 3 is 2.50 bits per heavy atom. The Bertz CT molecular complexity index is 966. The molecule has 0 atom stereocenters. The number of amides is 1. The van der Waals surface area contributed by atoms with Gasteiger partial charge in [0.15, 0.2) is 0 Å². The summed E-state index contributed by atoms with van der Waals surface area (Å²) < 4.78 is 6.89. The minimum atomic E-state index is -0.302. The van der Waals surface area contributed by atoms with Crippen LogP contribution in [0.1, 0.15) is 28.9 Å². The van der Waals surface area contributed by atoms with E-state index in [-0.39, 0.29) is 17.2 Å². The van der Waals surface area contributed by atoms with Crippen LogP contribution in [0.4, 0.5) is 0 Å². The molecule has 0 aliphatic rings. The monoisotopic (exact) mass is 377 g/mol. The van der Waals surface area contributed by atoms with Crippen LogP contribution in [0.25, 0.3) is 5.69 Å². The molecule has 144 valence electrons. The van der Waals surface area contributed by atoms with Crippen LogP contribution in [0.15, 0.2) is 71.5 Å². The van der Waals surface area contributed by atoms with E-state index in [0.29, 0.717) is 18.8 Å². The van der Waals surface area contributed by atoms with Gasteiger partial charge in [0.1, 0.15) is 11.4 Å². The second-order valence-corrected chi connectivity index (χ2v) is 6.43. The zero-order chi connectivity index (χ0) is 19.8. The Morgan fingerprint density at radius 1 is 1.00 bits per heavy atom. The molecule has 6 nitrogen and oxygen atoms in total. The molecule has 0 saturated heterocycles. The number of hydrogen-bond acceptors (Lipinski definition) is 4. The molecule has 0 aliphatic heterocycles. The van der Waals surface area contributed by atoms with Gasteiger partial charge in [-0.25, -0.2) is 0 Å². The summed E-state index contributed by atoms with van der Waals surface area (Å²) in [6, 6.07) is 19.7. The fraction of sp³-hybridized carbons (Fsp3) is 0.227. The number of para-hydroxylation sites is 1. The van der Waals surface area contributed by atoms with E-state index in [1.807, 2.05) is 49.4 Å². The molecule has 1 heterocycles. The van der Waals surface area contributed by atoms with Gasteiger partial charge in [0.05, 0.1) is 12.3 Å². The summed E-state index contributed by atoms with van der Waals surface area (Å²) in [4.78, 5) is 24.3. The lowest BCUT2D eigenvalue weighted by Crippen LogP contribution is -2.29. The predicted octanol–water partition coefficient (Wildman–Crippen LogP) is 3.13. The Morgan fingerprint density at radius 2 is 1.75 bits per heavy atom. The average Bonchev–Trinajstić information content (AvgIpc) is 2.72. The van der Waals surface area contributed by atoms with E-state index >= 15 is 0 Å². The molecule has 0 spiro atoms. The van der Waals surface area contributed by atoms with Crippen molar-refractivity contribution in [3.8, 4) is 11.4 Å². The van der Waals surface area contributed by atoms with Crippen molar-refractivity contribution in [3.63, 3.8) is 0 Å². The van der Waals surface area contributed by atoms with Crippen molar-refractivity contribution in [2.75, 3.05) is 13.2 Å². The molecule has 2 aromatic carbocycles. The first-order valence-electron chi connectivity index (χ1n) is 9.27. The number of unbranched alkanes of at least 4 members (excludes halogenated alkanes) is 1. The third-order valence-electron chi connectivity index (χ3n) is 4.18. The first-order valence-corrected chi connectivity index (χ1v) is 9.27. The molecule has 1 amide bonds. The van der Waals surface area contributed by atoms with Crippen molar-refractivity contribution in [1.82, 2.24) is 15.1 Å². The van der Waals surface area contributed by atoms with Crippen molar-refractivity contribution < 1.29 is 9.53 Å². The third kappa shape index (κ3) is 5.30. The lowest BCUT2D eigenvalue weighted by molar-refractivity contribution is 0.0945. The van der Waals surface area contributed by atoms with Crippen LogP contribution in [0.2, 0.25) is 0 Å². The maximum atomic E-state index is 12.3. The second kappa shape index (κ2) is 9.50. The first-order chi connectivity index (χ1) is 13.6. The van der Waals surface area contributed by atoms with Gasteiger partial charge in [0.25, 0.3) is 11.5 Å². The molecule has 0 fully saturated rings. The molecule has 0 radical (unpaired) electrons. The normalized spacial score (nSPS) is 10.5. The lowest BCUT2D eigenvalue weighted by Gasteiger charge is -2.08. The number of aryl methyl sites for hydroxylation is 1. The summed E-state index contributed by atoms with van der Waals surface area (Å²) in [5.41, 5.74) is 1.74. The summed E-state index contributed by atoms with van der Waals surface area (Å²) in [5.74, 6) is 0.547. The number of hydrogen-bond donors (Lipinski definition) is 1. The van der Waals surface area contributed by atoms with E-state index < -0.39 is 0 Å². The fourth-order valence-electron chi connectivity index (χ4n) is 2.63. The number of benzene rings is 2. The van der Waals surface area contributed by atoms with Gasteiger partial charge >= 0.3 is 0 Å². The summed E-state index contributed by atoms with van der Waals surface area (Å²) in [5, 5.41) is 7.00. The Kier molecular flexibility index (Phi) is 6.57. The van der Waals surface area contributed by atoms with E-state index in [0.717, 1.165) is 18.6 Å². The number of rotatable bonds is 8. The molecule has 1 aromatic heterocycles. The molecule has 6 heteroatoms. The molecule has 0 saturated carbocycles. The van der Waals surface area contributed by atoms with E-state index in [2.05, 4.69) is 10.4 Å². The quantitative estimate of drug-likeness (QED) is 0.612. The summed E-state index contributed by atoms with van der Waals surface area (Å²) in [6.45, 7) is 3.14. The molecule has 0 bridgehead atoms. The highest BCUT2D eigenvalue weighted by molar-refractivity contribution is 5.92. The van der Waals surface area contributed by atoms with Crippen LogP contribution in [0.5, 0.6) is 5.75 Å². The van der Waals surface area contributed by atoms with Gasteiger partial charge in [-0.15, -0.1) is 0 Å². The van der Waals surface area contributed by atoms with Gasteiger partial charge < -0.3 is 10.1 Å². The average molecular weight is 377 g/mol. The fourth-order valence-corrected chi connectivity index (χ4v) is 2.63. The van der Waals surface area contributed by atoms with Crippen molar-refractivity contribution in [3.05, 3.63) is 88.3 Å². The van der Waals surface area contributed by atoms with Crippen LogP contribution in [-0.4, -0.2) is 28.8 Å². The van der Waals surface area contributed by atoms with Crippen molar-refractivity contribution in [2.45, 2.75) is 19.8 Å². The van der Waals surface area contributed by atoms with E-state index in [1.165, 1.54) is 22.4 Å². The summed E-state index contributed by atoms with van der Waals surface area (Å²) in [7, 11) is 0. The Labute approximate surface area is 163 Å². The molecule has 0 aliphatic carbocycles. The van der Waals surface area contributed by atoms with Crippen LogP contribution < -0.4 is 15.6 Å². The molecule has 3 rings (SSSR count). The van der Waals surface area contributed by atoms with Crippen LogP contribution in [0, 0.1) is 6.92 Å². The van der Waals surface area contributed by atoms with Crippen molar-refractivity contribution >= 4 is 5.91 Å². The number of ether oxygens (including phenoxy) is 1. The molecule has 0 unspecified atom stereocenters. The minimum Gasteiger partial charge on any atom is -0.494 e.